The lowest BCUT2D eigenvalue weighted by Gasteiger charge is -2.34. The van der Waals surface area contributed by atoms with Gasteiger partial charge in [0, 0.05) is 55.6 Å². The first-order valence-electron chi connectivity index (χ1n) is 13.5. The third-order valence-electron chi connectivity index (χ3n) is 6.82. The first-order chi connectivity index (χ1) is 19.3. The van der Waals surface area contributed by atoms with Crippen LogP contribution in [0.1, 0.15) is 29.8 Å². The molecule has 208 valence electrons. The molecule has 2 heterocycles. The van der Waals surface area contributed by atoms with Crippen molar-refractivity contribution in [3.63, 3.8) is 0 Å². The van der Waals surface area contributed by atoms with Crippen LogP contribution in [0.3, 0.4) is 0 Å². The molecule has 1 amide bonds. The number of hydrogen-bond acceptors (Lipinski definition) is 6. The molecule has 0 radical (unpaired) electrons. The van der Waals surface area contributed by atoms with E-state index in [1.165, 1.54) is 11.6 Å². The largest absolute Gasteiger partial charge is 0.493 e. The predicted molar refractivity (Wildman–Crippen MR) is 157 cm³/mol. The predicted octanol–water partition coefficient (Wildman–Crippen LogP) is 5.03. The highest BCUT2D eigenvalue weighted by molar-refractivity contribution is 7.93. The Hall–Kier alpha value is -3.95. The standard InChI is InChI=1S/C31H34N4O4S/c1-23(2)22-39-28-9-3-6-24(20-28)21-34-16-18-35(19-17-34)31(36)26-11-13-27(14-12-26)33-40(37,38)29-10-4-7-25-8-5-15-32-30(25)29/h3-15,20,23,33H,16-19,21-22H2,1-2H3. The van der Waals surface area contributed by atoms with Gasteiger partial charge in [0.15, 0.2) is 0 Å². The van der Waals surface area contributed by atoms with Crippen molar-refractivity contribution in [2.45, 2.75) is 25.3 Å². The van der Waals surface area contributed by atoms with Crippen LogP contribution in [0.25, 0.3) is 10.9 Å². The fourth-order valence-electron chi connectivity index (χ4n) is 4.73. The Kier molecular flexibility index (Phi) is 8.32. The zero-order valence-electron chi connectivity index (χ0n) is 22.8. The van der Waals surface area contributed by atoms with Crippen LogP contribution in [0.15, 0.2) is 90.0 Å². The van der Waals surface area contributed by atoms with E-state index in [0.29, 0.717) is 42.4 Å². The van der Waals surface area contributed by atoms with Gasteiger partial charge in [-0.1, -0.05) is 44.2 Å². The number of carbonyl (C=O) groups is 1. The van der Waals surface area contributed by atoms with Crippen molar-refractivity contribution in [3.8, 4) is 5.75 Å². The minimum atomic E-state index is -3.86. The van der Waals surface area contributed by atoms with Crippen LogP contribution in [0.4, 0.5) is 5.69 Å². The Balaban J connectivity index is 1.17. The van der Waals surface area contributed by atoms with E-state index in [4.69, 9.17) is 4.74 Å². The molecular formula is C31H34N4O4S. The number of amides is 1. The molecule has 0 bridgehead atoms. The van der Waals surface area contributed by atoms with Crippen LogP contribution in [0.5, 0.6) is 5.75 Å². The summed E-state index contributed by atoms with van der Waals surface area (Å²) in [6, 6.07) is 23.4. The van der Waals surface area contributed by atoms with Crippen molar-refractivity contribution in [3.05, 3.63) is 96.2 Å². The molecule has 1 aromatic heterocycles. The fraction of sp³-hybridized carbons (Fsp3) is 0.290. The molecule has 0 spiro atoms. The maximum absolute atomic E-state index is 13.1. The molecule has 4 aromatic rings. The highest BCUT2D eigenvalue weighted by Gasteiger charge is 2.23. The number of nitrogens with zero attached hydrogens (tertiary/aromatic N) is 3. The second-order valence-corrected chi connectivity index (χ2v) is 12.1. The first kappa shape index (κ1) is 27.6. The van der Waals surface area contributed by atoms with E-state index in [9.17, 15) is 13.2 Å². The first-order valence-corrected chi connectivity index (χ1v) is 15.0. The molecule has 5 rings (SSSR count). The topological polar surface area (TPSA) is 91.8 Å². The normalized spacial score (nSPS) is 14.4. The van der Waals surface area contributed by atoms with Gasteiger partial charge in [-0.25, -0.2) is 8.42 Å². The summed E-state index contributed by atoms with van der Waals surface area (Å²) >= 11 is 0. The smallest absolute Gasteiger partial charge is 0.264 e. The molecule has 8 nitrogen and oxygen atoms in total. The van der Waals surface area contributed by atoms with Crippen LogP contribution in [0.2, 0.25) is 0 Å². The maximum Gasteiger partial charge on any atom is 0.264 e. The average molecular weight is 559 g/mol. The molecule has 0 unspecified atom stereocenters. The summed E-state index contributed by atoms with van der Waals surface area (Å²) in [5, 5.41) is 0.746. The summed E-state index contributed by atoms with van der Waals surface area (Å²) in [7, 11) is -3.86. The second-order valence-electron chi connectivity index (χ2n) is 10.4. The molecule has 1 N–H and O–H groups in total. The van der Waals surface area contributed by atoms with E-state index < -0.39 is 10.0 Å². The van der Waals surface area contributed by atoms with E-state index in [1.54, 1.807) is 42.6 Å². The second kappa shape index (κ2) is 12.1. The van der Waals surface area contributed by atoms with Crippen LogP contribution >= 0.6 is 0 Å². The lowest BCUT2D eigenvalue weighted by molar-refractivity contribution is 0.0628. The number of piperazine rings is 1. The number of hydrogen-bond donors (Lipinski definition) is 1. The van der Waals surface area contributed by atoms with Crippen molar-refractivity contribution in [2.75, 3.05) is 37.5 Å². The van der Waals surface area contributed by atoms with Gasteiger partial charge in [-0.15, -0.1) is 0 Å². The number of benzene rings is 3. The molecule has 0 atom stereocenters. The van der Waals surface area contributed by atoms with E-state index in [2.05, 4.69) is 40.6 Å². The zero-order chi connectivity index (χ0) is 28.1. The van der Waals surface area contributed by atoms with Gasteiger partial charge in [0.05, 0.1) is 12.1 Å². The van der Waals surface area contributed by atoms with Crippen molar-refractivity contribution >= 4 is 32.5 Å². The SMILES string of the molecule is CC(C)COc1cccc(CN2CCN(C(=O)c3ccc(NS(=O)(=O)c4cccc5cccnc45)cc3)CC2)c1. The van der Waals surface area contributed by atoms with Gasteiger partial charge < -0.3 is 9.64 Å². The third kappa shape index (κ3) is 6.60. The minimum Gasteiger partial charge on any atom is -0.493 e. The molecule has 9 heteroatoms. The fourth-order valence-corrected chi connectivity index (χ4v) is 5.97. The molecule has 3 aromatic carbocycles. The van der Waals surface area contributed by atoms with Crippen molar-refractivity contribution in [2.24, 2.45) is 5.92 Å². The van der Waals surface area contributed by atoms with Gasteiger partial charge in [0.25, 0.3) is 15.9 Å². The van der Waals surface area contributed by atoms with Gasteiger partial charge in [-0.3, -0.25) is 19.4 Å². The molecule has 1 aliphatic heterocycles. The van der Waals surface area contributed by atoms with Gasteiger partial charge in [0.2, 0.25) is 0 Å². The summed E-state index contributed by atoms with van der Waals surface area (Å²) < 4.78 is 34.6. The lowest BCUT2D eigenvalue weighted by Crippen LogP contribution is -2.48. The Bertz CT molecular complexity index is 1580. The van der Waals surface area contributed by atoms with Crippen molar-refractivity contribution < 1.29 is 17.9 Å². The summed E-state index contributed by atoms with van der Waals surface area (Å²) in [5.74, 6) is 1.30. The molecule has 0 saturated carbocycles. The van der Waals surface area contributed by atoms with E-state index in [0.717, 1.165) is 30.8 Å². The number of para-hydroxylation sites is 1. The molecule has 40 heavy (non-hydrogen) atoms. The number of pyridine rings is 1. The highest BCUT2D eigenvalue weighted by atomic mass is 32.2. The van der Waals surface area contributed by atoms with Gasteiger partial charge in [-0.2, -0.15) is 0 Å². The lowest BCUT2D eigenvalue weighted by atomic mass is 10.1. The number of anilines is 1. The minimum absolute atomic E-state index is 0.0589. The zero-order valence-corrected chi connectivity index (χ0v) is 23.6. The van der Waals surface area contributed by atoms with E-state index in [1.807, 2.05) is 29.2 Å². The van der Waals surface area contributed by atoms with E-state index >= 15 is 0 Å². The average Bonchev–Trinajstić information content (AvgIpc) is 2.96. The van der Waals surface area contributed by atoms with Crippen molar-refractivity contribution in [1.82, 2.24) is 14.8 Å². The van der Waals surface area contributed by atoms with Gasteiger partial charge in [0.1, 0.15) is 10.6 Å². The Morgan fingerprint density at radius 1 is 0.950 bits per heavy atom. The highest BCUT2D eigenvalue weighted by Crippen LogP contribution is 2.24. The molecule has 1 aliphatic rings. The monoisotopic (exact) mass is 558 g/mol. The van der Waals surface area contributed by atoms with Crippen LogP contribution in [0, 0.1) is 5.92 Å². The Morgan fingerprint density at radius 3 is 2.42 bits per heavy atom. The quantitative estimate of drug-likeness (QED) is 0.310. The third-order valence-corrected chi connectivity index (χ3v) is 8.23. The Morgan fingerprint density at radius 2 is 1.68 bits per heavy atom. The van der Waals surface area contributed by atoms with Gasteiger partial charge in [-0.05, 0) is 60.0 Å². The number of rotatable bonds is 9. The van der Waals surface area contributed by atoms with Crippen LogP contribution in [-0.2, 0) is 16.6 Å². The number of aromatic nitrogens is 1. The molecule has 0 aliphatic carbocycles. The summed E-state index contributed by atoms with van der Waals surface area (Å²) in [6.07, 6.45) is 1.57. The summed E-state index contributed by atoms with van der Waals surface area (Å²) in [5.41, 5.74) is 2.51. The number of sulfonamides is 1. The van der Waals surface area contributed by atoms with Crippen LogP contribution in [-0.4, -0.2) is 61.9 Å². The molecule has 1 fully saturated rings. The summed E-state index contributed by atoms with van der Waals surface area (Å²) in [6.45, 7) is 8.58. The van der Waals surface area contributed by atoms with Gasteiger partial charge >= 0.3 is 0 Å². The summed E-state index contributed by atoms with van der Waals surface area (Å²) in [4.78, 5) is 21.7. The number of carbonyl (C=O) groups excluding carboxylic acids is 1. The maximum atomic E-state index is 13.1. The van der Waals surface area contributed by atoms with Crippen molar-refractivity contribution in [1.29, 1.82) is 0 Å². The number of fused-ring (bicyclic) bond motifs is 1. The molecular weight excluding hydrogens is 524 g/mol. The number of ether oxygens (including phenoxy) is 1. The molecule has 1 saturated heterocycles. The van der Waals surface area contributed by atoms with Crippen LogP contribution < -0.4 is 9.46 Å². The Labute approximate surface area is 235 Å². The number of nitrogens with one attached hydrogen (secondary N) is 1. The van der Waals surface area contributed by atoms with E-state index in [-0.39, 0.29) is 10.8 Å².